The minimum atomic E-state index is -1.04. The Labute approximate surface area is 399 Å². The van der Waals surface area contributed by atoms with Gasteiger partial charge in [0.25, 0.3) is 17.7 Å². The Balaban J connectivity index is 0.729. The zero-order chi connectivity index (χ0) is 47.9. The number of nitrogens with zero attached hydrogens (tertiary/aromatic N) is 3. The van der Waals surface area contributed by atoms with Crippen molar-refractivity contribution in [3.63, 3.8) is 0 Å². The predicted octanol–water partition coefficient (Wildman–Crippen LogP) is 5.32. The van der Waals surface area contributed by atoms with Crippen LogP contribution in [-0.2, 0) is 30.9 Å². The summed E-state index contributed by atoms with van der Waals surface area (Å²) in [6, 6.07) is 17.7. The summed E-state index contributed by atoms with van der Waals surface area (Å²) in [5.41, 5.74) is 2.97. The summed E-state index contributed by atoms with van der Waals surface area (Å²) in [7, 11) is 1.69. The fraction of sp³-hybridized carbons (Fsp3) is 0.340. The quantitative estimate of drug-likeness (QED) is 0.0523. The standard InChI is InChI=1S/C47H47Cl2FN8O10/c1-57-42(34(48)24-53-57)33-23-38(68-43(33)49)45(62)55-36-25-52-29(21-32(36)26-4-2-5-27(50)20-26)22-40(60)54-28-8-10-30(11-9-28)67-19-18-66-17-16-65-15-14-51-35-7-3-6-31-41(35)47(64)58(46(31)63)37-12-13-39(59)56-44(37)61/h2-11,20,23-24,29,32,36-37,51-52H,12-19,21-22,25H2,1H3,(H,54,60)(H,55,62)(H,56,59,61)/t29-,32-,36+,37?/m0/s1. The number of ether oxygens (including phenoxy) is 3. The average Bonchev–Trinajstić information content (AvgIpc) is 3.95. The zero-order valence-corrected chi connectivity index (χ0v) is 38.2. The first-order valence-corrected chi connectivity index (χ1v) is 22.6. The van der Waals surface area contributed by atoms with E-state index in [1.807, 2.05) is 0 Å². The van der Waals surface area contributed by atoms with E-state index >= 15 is 0 Å². The molecule has 2 fully saturated rings. The maximum Gasteiger partial charge on any atom is 0.287 e. The van der Waals surface area contributed by atoms with Crippen LogP contribution >= 0.6 is 23.2 Å². The van der Waals surface area contributed by atoms with Crippen LogP contribution in [0.15, 0.2) is 83.4 Å². The molecule has 2 aromatic heterocycles. The van der Waals surface area contributed by atoms with Crippen molar-refractivity contribution < 1.29 is 51.8 Å². The van der Waals surface area contributed by atoms with Gasteiger partial charge in [0.1, 0.15) is 24.2 Å². The van der Waals surface area contributed by atoms with Crippen LogP contribution in [0.2, 0.25) is 10.2 Å². The highest BCUT2D eigenvalue weighted by molar-refractivity contribution is 6.35. The normalized spacial score (nSPS) is 19.1. The molecule has 5 aromatic rings. The Bertz CT molecular complexity index is 2690. The summed E-state index contributed by atoms with van der Waals surface area (Å²) in [4.78, 5) is 77.9. The summed E-state index contributed by atoms with van der Waals surface area (Å²) >= 11 is 12.7. The number of aromatic nitrogens is 2. The van der Waals surface area contributed by atoms with Gasteiger partial charge in [0, 0.05) is 68.4 Å². The lowest BCUT2D eigenvalue weighted by Gasteiger charge is -2.37. The summed E-state index contributed by atoms with van der Waals surface area (Å²) in [6.45, 7) is 2.09. The van der Waals surface area contributed by atoms with Crippen LogP contribution in [0.1, 0.15) is 68.4 Å². The van der Waals surface area contributed by atoms with Crippen molar-refractivity contribution in [2.45, 2.75) is 49.7 Å². The largest absolute Gasteiger partial charge is 0.491 e. The molecule has 3 aromatic carbocycles. The summed E-state index contributed by atoms with van der Waals surface area (Å²) in [5.74, 6) is -3.23. The molecule has 21 heteroatoms. The number of aryl methyl sites for hydroxylation is 1. The molecule has 68 heavy (non-hydrogen) atoms. The van der Waals surface area contributed by atoms with Crippen LogP contribution in [0.25, 0.3) is 11.3 Å². The molecule has 0 aliphatic carbocycles. The number of piperidine rings is 2. The van der Waals surface area contributed by atoms with E-state index in [0.717, 1.165) is 4.90 Å². The fourth-order valence-corrected chi connectivity index (χ4v) is 9.02. The van der Waals surface area contributed by atoms with E-state index in [9.17, 15) is 33.2 Å². The van der Waals surface area contributed by atoms with Crippen molar-refractivity contribution in [1.82, 2.24) is 30.6 Å². The number of rotatable bonds is 19. The van der Waals surface area contributed by atoms with Crippen molar-refractivity contribution in [2.24, 2.45) is 7.05 Å². The number of furan rings is 1. The third-order valence-corrected chi connectivity index (χ3v) is 12.3. The highest BCUT2D eigenvalue weighted by Crippen LogP contribution is 2.37. The molecule has 0 spiro atoms. The van der Waals surface area contributed by atoms with Gasteiger partial charge in [-0.25, -0.2) is 4.39 Å². The number of anilines is 2. The molecule has 0 radical (unpaired) electrons. The third kappa shape index (κ3) is 11.0. The van der Waals surface area contributed by atoms with Crippen LogP contribution in [0.5, 0.6) is 5.75 Å². The van der Waals surface area contributed by atoms with E-state index in [1.165, 1.54) is 35.1 Å². The van der Waals surface area contributed by atoms with Crippen molar-refractivity contribution in [3.8, 4) is 17.0 Å². The van der Waals surface area contributed by atoms with Crippen molar-refractivity contribution in [3.05, 3.63) is 118 Å². The van der Waals surface area contributed by atoms with E-state index in [0.29, 0.717) is 78.3 Å². The van der Waals surface area contributed by atoms with Crippen molar-refractivity contribution in [1.29, 1.82) is 0 Å². The van der Waals surface area contributed by atoms with Crippen LogP contribution in [0, 0.1) is 5.82 Å². The number of hydrogen-bond donors (Lipinski definition) is 5. The van der Waals surface area contributed by atoms with Gasteiger partial charge < -0.3 is 39.9 Å². The van der Waals surface area contributed by atoms with Gasteiger partial charge in [0.2, 0.25) is 22.9 Å². The highest BCUT2D eigenvalue weighted by Gasteiger charge is 2.45. The topological polar surface area (TPSA) is 224 Å². The average molecular weight is 974 g/mol. The zero-order valence-electron chi connectivity index (χ0n) is 36.7. The molecular formula is C47H47Cl2FN8O10. The smallest absolute Gasteiger partial charge is 0.287 e. The van der Waals surface area contributed by atoms with Gasteiger partial charge in [-0.3, -0.25) is 43.7 Å². The monoisotopic (exact) mass is 972 g/mol. The van der Waals surface area contributed by atoms with Gasteiger partial charge in [0.05, 0.1) is 60.0 Å². The molecule has 8 rings (SSSR count). The molecule has 0 saturated carbocycles. The number of nitrogens with one attached hydrogen (secondary N) is 5. The number of hydrogen-bond acceptors (Lipinski definition) is 13. The van der Waals surface area contributed by atoms with Gasteiger partial charge in [-0.05, 0) is 78.5 Å². The molecule has 5 N–H and O–H groups in total. The number of benzene rings is 3. The maximum absolute atomic E-state index is 14.4. The van der Waals surface area contributed by atoms with E-state index in [-0.39, 0.29) is 72.4 Å². The molecule has 6 amide bonds. The van der Waals surface area contributed by atoms with E-state index in [1.54, 1.807) is 55.6 Å². The van der Waals surface area contributed by atoms with E-state index < -0.39 is 47.4 Å². The van der Waals surface area contributed by atoms with Gasteiger partial charge in [-0.15, -0.1) is 0 Å². The summed E-state index contributed by atoms with van der Waals surface area (Å²) < 4.78 is 38.6. The molecule has 3 aliphatic rings. The highest BCUT2D eigenvalue weighted by atomic mass is 35.5. The Kier molecular flexibility index (Phi) is 15.2. The van der Waals surface area contributed by atoms with Crippen LogP contribution in [-0.4, -0.2) is 114 Å². The van der Waals surface area contributed by atoms with Crippen molar-refractivity contribution in [2.75, 3.05) is 56.8 Å². The van der Waals surface area contributed by atoms with Crippen LogP contribution in [0.4, 0.5) is 15.8 Å². The Morgan fingerprint density at radius 1 is 0.926 bits per heavy atom. The minimum absolute atomic E-state index is 0.0219. The lowest BCUT2D eigenvalue weighted by atomic mass is 9.81. The molecule has 1 unspecified atom stereocenters. The molecular weight excluding hydrogens is 926 g/mol. The second-order valence-corrected chi connectivity index (χ2v) is 17.0. The van der Waals surface area contributed by atoms with Crippen LogP contribution < -0.4 is 31.3 Å². The number of amides is 6. The first kappa shape index (κ1) is 47.8. The van der Waals surface area contributed by atoms with Gasteiger partial charge in [0.15, 0.2) is 5.76 Å². The first-order valence-electron chi connectivity index (χ1n) is 21.9. The SMILES string of the molecule is Cn1ncc(Cl)c1-c1cc(C(=O)N[C@@H]2CN[C@H](CC(=O)Nc3ccc(OCCOCCOCCNc4cccc5c4C(=O)N(C4CCC(=O)NC4=O)C5=O)cc3)C[C@H]2c2cccc(F)c2)oc1Cl. The maximum atomic E-state index is 14.4. The van der Waals surface area contributed by atoms with Crippen LogP contribution in [0.3, 0.4) is 0 Å². The second-order valence-electron chi connectivity index (χ2n) is 16.3. The molecule has 18 nitrogen and oxygen atoms in total. The molecule has 4 atom stereocenters. The number of carbonyl (C=O) groups is 6. The predicted molar refractivity (Wildman–Crippen MR) is 246 cm³/mol. The molecule has 0 bridgehead atoms. The Hall–Kier alpha value is -6.64. The van der Waals surface area contributed by atoms with Crippen molar-refractivity contribution >= 4 is 70.0 Å². The third-order valence-electron chi connectivity index (χ3n) is 11.8. The summed E-state index contributed by atoms with van der Waals surface area (Å²) in [5, 5.41) is 19.0. The first-order chi connectivity index (χ1) is 32.8. The molecule has 3 aliphatic heterocycles. The van der Waals surface area contributed by atoms with Gasteiger partial charge in [-0.1, -0.05) is 29.8 Å². The fourth-order valence-electron chi connectivity index (χ4n) is 8.53. The Morgan fingerprint density at radius 2 is 1.69 bits per heavy atom. The second kappa shape index (κ2) is 21.5. The van der Waals surface area contributed by atoms with Gasteiger partial charge in [-0.2, -0.15) is 5.10 Å². The number of imide groups is 2. The molecule has 5 heterocycles. The lowest BCUT2D eigenvalue weighted by Crippen LogP contribution is -2.54. The lowest BCUT2D eigenvalue weighted by molar-refractivity contribution is -0.136. The van der Waals surface area contributed by atoms with E-state index in [4.69, 9.17) is 41.8 Å². The van der Waals surface area contributed by atoms with E-state index in [2.05, 4.69) is 31.7 Å². The summed E-state index contributed by atoms with van der Waals surface area (Å²) in [6.07, 6.45) is 2.13. The number of fused-ring (bicyclic) bond motifs is 1. The Morgan fingerprint density at radius 3 is 2.44 bits per heavy atom. The number of carbonyl (C=O) groups excluding carboxylic acids is 6. The van der Waals surface area contributed by atoms with Gasteiger partial charge >= 0.3 is 0 Å². The molecule has 356 valence electrons. The number of halogens is 3. The molecule has 2 saturated heterocycles. The minimum Gasteiger partial charge on any atom is -0.491 e.